The van der Waals surface area contributed by atoms with E-state index >= 15 is 0 Å². The van der Waals surface area contributed by atoms with E-state index in [0.717, 1.165) is 28.5 Å². The van der Waals surface area contributed by atoms with E-state index in [9.17, 15) is 4.39 Å². The average Bonchev–Trinajstić information content (AvgIpc) is 3.11. The maximum absolute atomic E-state index is 13.3. The van der Waals surface area contributed by atoms with Gasteiger partial charge in [0.25, 0.3) is 0 Å². The number of aromatic amines is 1. The second kappa shape index (κ2) is 5.05. The molecule has 0 aliphatic carbocycles. The summed E-state index contributed by atoms with van der Waals surface area (Å²) < 4.78 is 15.1. The highest BCUT2D eigenvalue weighted by atomic mass is 19.1. The number of hydrogen-bond donors (Lipinski definition) is 1. The Labute approximate surface area is 131 Å². The molecule has 0 radical (unpaired) electrons. The Morgan fingerprint density at radius 2 is 2.09 bits per heavy atom. The van der Waals surface area contributed by atoms with Crippen molar-refractivity contribution in [2.24, 2.45) is 0 Å². The fraction of sp³-hybridized carbons (Fsp3) is 0.188. The lowest BCUT2D eigenvalue weighted by atomic mass is 10.3. The number of benzene rings is 1. The molecule has 7 heteroatoms. The van der Waals surface area contributed by atoms with Crippen LogP contribution in [0.15, 0.2) is 36.5 Å². The van der Waals surface area contributed by atoms with Gasteiger partial charge in [-0.2, -0.15) is 9.61 Å². The molecule has 4 rings (SSSR count). The number of fused-ring (bicyclic) bond motifs is 2. The van der Waals surface area contributed by atoms with Crippen molar-refractivity contribution in [3.05, 3.63) is 53.9 Å². The molecule has 0 fully saturated rings. The average molecular weight is 310 g/mol. The van der Waals surface area contributed by atoms with Crippen LogP contribution in [0.2, 0.25) is 0 Å². The summed E-state index contributed by atoms with van der Waals surface area (Å²) in [6, 6.07) is 8.38. The molecular weight excluding hydrogens is 295 g/mol. The molecule has 1 aromatic carbocycles. The molecule has 0 spiro atoms. The Balaban J connectivity index is 1.70. The summed E-state index contributed by atoms with van der Waals surface area (Å²) >= 11 is 0. The minimum atomic E-state index is -0.274. The van der Waals surface area contributed by atoms with Crippen molar-refractivity contribution in [3.8, 4) is 0 Å². The molecule has 23 heavy (non-hydrogen) atoms. The van der Waals surface area contributed by atoms with Crippen molar-refractivity contribution in [2.75, 3.05) is 11.9 Å². The largest absolute Gasteiger partial charge is 0.352 e. The third kappa shape index (κ3) is 2.40. The number of imidazole rings is 1. The fourth-order valence-electron chi connectivity index (χ4n) is 2.71. The van der Waals surface area contributed by atoms with Gasteiger partial charge in [-0.25, -0.2) is 14.4 Å². The number of nitrogens with zero attached hydrogens (tertiary/aromatic N) is 5. The van der Waals surface area contributed by atoms with Crippen LogP contribution in [0.1, 0.15) is 11.5 Å². The van der Waals surface area contributed by atoms with Crippen molar-refractivity contribution in [2.45, 2.75) is 13.5 Å². The van der Waals surface area contributed by atoms with Gasteiger partial charge in [0.2, 0.25) is 0 Å². The van der Waals surface area contributed by atoms with Gasteiger partial charge in [0.05, 0.1) is 23.8 Å². The van der Waals surface area contributed by atoms with Gasteiger partial charge in [-0.3, -0.25) is 0 Å². The number of aryl methyl sites for hydroxylation is 1. The standard InChI is InChI=1S/C16H15FN6/c1-10-7-16(23-15(19-10)5-6-18-23)22(2)9-14-20-12-4-3-11(17)8-13(12)21-14/h3-8H,9H2,1-2H3,(H,20,21). The summed E-state index contributed by atoms with van der Waals surface area (Å²) in [5.41, 5.74) is 3.18. The highest BCUT2D eigenvalue weighted by Gasteiger charge is 2.12. The monoisotopic (exact) mass is 310 g/mol. The molecule has 0 amide bonds. The Morgan fingerprint density at radius 3 is 2.96 bits per heavy atom. The Kier molecular flexibility index (Phi) is 3.00. The first-order valence-electron chi connectivity index (χ1n) is 7.27. The predicted molar refractivity (Wildman–Crippen MR) is 85.9 cm³/mol. The minimum Gasteiger partial charge on any atom is -0.352 e. The normalized spacial score (nSPS) is 11.4. The highest BCUT2D eigenvalue weighted by Crippen LogP contribution is 2.19. The molecule has 4 aromatic rings. The summed E-state index contributed by atoms with van der Waals surface area (Å²) in [5, 5.41) is 4.31. The van der Waals surface area contributed by atoms with Crippen LogP contribution in [0, 0.1) is 12.7 Å². The van der Waals surface area contributed by atoms with Gasteiger partial charge >= 0.3 is 0 Å². The summed E-state index contributed by atoms with van der Waals surface area (Å²) in [5.74, 6) is 1.41. The number of anilines is 1. The lowest BCUT2D eigenvalue weighted by Gasteiger charge is -2.19. The summed E-state index contributed by atoms with van der Waals surface area (Å²) in [4.78, 5) is 14.1. The smallest absolute Gasteiger partial charge is 0.157 e. The van der Waals surface area contributed by atoms with E-state index in [1.165, 1.54) is 12.1 Å². The van der Waals surface area contributed by atoms with Crippen LogP contribution in [-0.2, 0) is 6.54 Å². The van der Waals surface area contributed by atoms with Crippen LogP contribution >= 0.6 is 0 Å². The first-order chi connectivity index (χ1) is 11.1. The number of nitrogens with one attached hydrogen (secondary N) is 1. The van der Waals surface area contributed by atoms with Crippen molar-refractivity contribution in [1.29, 1.82) is 0 Å². The molecule has 3 heterocycles. The Bertz CT molecular complexity index is 1000. The molecule has 6 nitrogen and oxygen atoms in total. The van der Waals surface area contributed by atoms with Gasteiger partial charge in [0, 0.05) is 24.9 Å². The van der Waals surface area contributed by atoms with Crippen LogP contribution in [0.25, 0.3) is 16.7 Å². The van der Waals surface area contributed by atoms with Gasteiger partial charge in [-0.15, -0.1) is 0 Å². The molecule has 0 saturated carbocycles. The van der Waals surface area contributed by atoms with E-state index in [0.29, 0.717) is 12.1 Å². The van der Waals surface area contributed by atoms with Crippen LogP contribution in [0.4, 0.5) is 10.2 Å². The van der Waals surface area contributed by atoms with Crippen molar-refractivity contribution in [3.63, 3.8) is 0 Å². The molecule has 3 aromatic heterocycles. The predicted octanol–water partition coefficient (Wildman–Crippen LogP) is 2.69. The van der Waals surface area contributed by atoms with Gasteiger partial charge in [0.1, 0.15) is 17.5 Å². The first-order valence-corrected chi connectivity index (χ1v) is 7.27. The Morgan fingerprint density at radius 1 is 1.22 bits per heavy atom. The van der Waals surface area contributed by atoms with E-state index in [1.54, 1.807) is 16.8 Å². The van der Waals surface area contributed by atoms with E-state index < -0.39 is 0 Å². The van der Waals surface area contributed by atoms with Gasteiger partial charge < -0.3 is 9.88 Å². The molecule has 116 valence electrons. The SMILES string of the molecule is Cc1cc(N(C)Cc2nc3ccc(F)cc3[nH]2)n2nccc2n1. The molecule has 0 aliphatic rings. The van der Waals surface area contributed by atoms with E-state index in [2.05, 4.69) is 20.1 Å². The maximum atomic E-state index is 13.3. The third-order valence-corrected chi connectivity index (χ3v) is 3.74. The van der Waals surface area contributed by atoms with E-state index in [1.807, 2.05) is 31.0 Å². The summed E-state index contributed by atoms with van der Waals surface area (Å²) in [7, 11) is 1.96. The maximum Gasteiger partial charge on any atom is 0.157 e. The van der Waals surface area contributed by atoms with Crippen molar-refractivity contribution in [1.82, 2.24) is 24.6 Å². The number of H-pyrrole nitrogens is 1. The van der Waals surface area contributed by atoms with Crippen LogP contribution in [0.3, 0.4) is 0 Å². The summed E-state index contributed by atoms with van der Waals surface area (Å²) in [6.45, 7) is 2.50. The van der Waals surface area contributed by atoms with Gasteiger partial charge in [0.15, 0.2) is 5.65 Å². The molecule has 1 N–H and O–H groups in total. The molecule has 0 atom stereocenters. The zero-order valence-corrected chi connectivity index (χ0v) is 12.8. The van der Waals surface area contributed by atoms with Gasteiger partial charge in [-0.05, 0) is 25.1 Å². The number of rotatable bonds is 3. The second-order valence-electron chi connectivity index (χ2n) is 5.56. The Hall–Kier alpha value is -2.96. The molecule has 0 aliphatic heterocycles. The molecule has 0 saturated heterocycles. The zero-order valence-electron chi connectivity index (χ0n) is 12.8. The third-order valence-electron chi connectivity index (χ3n) is 3.74. The zero-order chi connectivity index (χ0) is 16.0. The molecule has 0 unspecified atom stereocenters. The topological polar surface area (TPSA) is 62.1 Å². The van der Waals surface area contributed by atoms with Crippen LogP contribution < -0.4 is 4.90 Å². The van der Waals surface area contributed by atoms with E-state index in [-0.39, 0.29) is 5.82 Å². The van der Waals surface area contributed by atoms with Crippen molar-refractivity contribution >= 4 is 22.5 Å². The number of hydrogen-bond acceptors (Lipinski definition) is 4. The molecular formula is C16H15FN6. The first kappa shape index (κ1) is 13.7. The number of halogens is 1. The minimum absolute atomic E-state index is 0.274. The second-order valence-corrected chi connectivity index (χ2v) is 5.56. The van der Waals surface area contributed by atoms with Crippen LogP contribution in [0.5, 0.6) is 0 Å². The highest BCUT2D eigenvalue weighted by molar-refractivity contribution is 5.75. The van der Waals surface area contributed by atoms with Crippen LogP contribution in [-0.4, -0.2) is 31.6 Å². The van der Waals surface area contributed by atoms with E-state index in [4.69, 9.17) is 0 Å². The fourth-order valence-corrected chi connectivity index (χ4v) is 2.71. The lowest BCUT2D eigenvalue weighted by Crippen LogP contribution is -2.21. The summed E-state index contributed by atoms with van der Waals surface area (Å²) in [6.07, 6.45) is 1.73. The number of aromatic nitrogens is 5. The lowest BCUT2D eigenvalue weighted by molar-refractivity contribution is 0.629. The van der Waals surface area contributed by atoms with Crippen molar-refractivity contribution < 1.29 is 4.39 Å². The quantitative estimate of drug-likeness (QED) is 0.632. The van der Waals surface area contributed by atoms with Gasteiger partial charge in [-0.1, -0.05) is 0 Å². The molecule has 0 bridgehead atoms.